The van der Waals surface area contributed by atoms with Crippen LogP contribution < -0.4 is 5.32 Å². The average molecular weight is 927 g/mol. The van der Waals surface area contributed by atoms with Gasteiger partial charge in [0.2, 0.25) is 5.91 Å². The molecule has 6 heteroatoms. The number of rotatable bonds is 52. The molecule has 0 aromatic heterocycles. The molecule has 0 bridgehead atoms. The lowest BCUT2D eigenvalue weighted by Gasteiger charge is -2.24. The first-order valence-corrected chi connectivity index (χ1v) is 28.9. The zero-order valence-electron chi connectivity index (χ0n) is 44.1. The van der Waals surface area contributed by atoms with Gasteiger partial charge >= 0.3 is 5.97 Å². The van der Waals surface area contributed by atoms with E-state index in [0.717, 1.165) is 77.0 Å². The van der Waals surface area contributed by atoms with Crippen LogP contribution in [0.3, 0.4) is 0 Å². The molecule has 0 aliphatic carbocycles. The fourth-order valence-electron chi connectivity index (χ4n) is 8.84. The number of allylic oxidation sites excluding steroid dienone is 8. The molecular weight excluding hydrogens is 815 g/mol. The molecule has 3 atom stereocenters. The molecule has 0 fully saturated rings. The number of hydrogen-bond acceptors (Lipinski definition) is 5. The number of carbonyl (C=O) groups is 2. The van der Waals surface area contributed by atoms with E-state index in [-0.39, 0.29) is 24.9 Å². The summed E-state index contributed by atoms with van der Waals surface area (Å²) >= 11 is 0. The molecule has 0 aromatic carbocycles. The Kier molecular flexibility index (Phi) is 52.0. The van der Waals surface area contributed by atoms with E-state index >= 15 is 0 Å². The topological polar surface area (TPSA) is 95.9 Å². The number of carbonyl (C=O) groups excluding carboxylic acids is 2. The summed E-state index contributed by atoms with van der Waals surface area (Å²) in [6, 6.07) is -0.718. The van der Waals surface area contributed by atoms with Crippen LogP contribution in [0.15, 0.2) is 48.6 Å². The number of esters is 1. The number of aliphatic hydroxyl groups is 2. The molecule has 386 valence electrons. The highest BCUT2D eigenvalue weighted by molar-refractivity contribution is 5.77. The third-order valence-electron chi connectivity index (χ3n) is 13.2. The number of nitrogens with one attached hydrogen (secondary N) is 1. The summed E-state index contributed by atoms with van der Waals surface area (Å²) in [6.45, 7) is 6.39. The van der Waals surface area contributed by atoms with Crippen molar-refractivity contribution in [2.75, 3.05) is 6.61 Å². The first kappa shape index (κ1) is 63.8. The van der Waals surface area contributed by atoms with E-state index in [1.54, 1.807) is 0 Å². The van der Waals surface area contributed by atoms with Crippen LogP contribution in [-0.2, 0) is 14.3 Å². The van der Waals surface area contributed by atoms with Crippen molar-refractivity contribution in [1.29, 1.82) is 0 Å². The maximum Gasteiger partial charge on any atom is 0.306 e. The molecule has 0 radical (unpaired) electrons. The Bertz CT molecular complexity index is 1130. The van der Waals surface area contributed by atoms with Crippen LogP contribution in [0, 0.1) is 0 Å². The van der Waals surface area contributed by atoms with Crippen molar-refractivity contribution in [3.8, 4) is 0 Å². The Hall–Kier alpha value is -2.18. The van der Waals surface area contributed by atoms with Gasteiger partial charge in [-0.1, -0.05) is 275 Å². The third-order valence-corrected chi connectivity index (χ3v) is 13.2. The number of amides is 1. The summed E-state index contributed by atoms with van der Waals surface area (Å²) in [5.41, 5.74) is 0. The molecule has 0 aliphatic rings. The second kappa shape index (κ2) is 53.8. The van der Waals surface area contributed by atoms with Crippen molar-refractivity contribution >= 4 is 11.9 Å². The largest absolute Gasteiger partial charge is 0.462 e. The van der Waals surface area contributed by atoms with E-state index < -0.39 is 18.2 Å². The van der Waals surface area contributed by atoms with E-state index in [1.807, 2.05) is 0 Å². The van der Waals surface area contributed by atoms with Crippen molar-refractivity contribution in [3.63, 3.8) is 0 Å². The molecule has 0 aliphatic heterocycles. The van der Waals surface area contributed by atoms with E-state index in [2.05, 4.69) is 74.7 Å². The van der Waals surface area contributed by atoms with Crippen molar-refractivity contribution in [2.45, 2.75) is 315 Å². The summed E-state index contributed by atoms with van der Waals surface area (Å²) in [5, 5.41) is 23.9. The van der Waals surface area contributed by atoms with Gasteiger partial charge in [0.25, 0.3) is 0 Å². The Labute approximate surface area is 410 Å². The van der Waals surface area contributed by atoms with Gasteiger partial charge in [-0.05, 0) is 57.8 Å². The van der Waals surface area contributed by atoms with Crippen molar-refractivity contribution < 1.29 is 24.5 Å². The zero-order chi connectivity index (χ0) is 48.1. The average Bonchev–Trinajstić information content (AvgIpc) is 3.31. The standard InChI is InChI=1S/C60H111NO5/c1-4-7-10-13-16-19-22-25-28-30-32-35-38-41-44-47-50-53-60(65)66-56(51-48-45-42-39-36-33-27-24-21-18-15-12-9-6-3)54-59(64)61-57(55-62)58(63)52-49-46-43-40-37-34-31-29-26-23-20-17-14-11-8-5-2/h9,12,18,21,27,33,39,42,56-58,62-63H,4-8,10-11,13-17,19-20,22-26,28-32,34-38,40-41,43-55H2,1-3H3,(H,61,64)/b12-9+,21-18+,33-27+,42-39+. The van der Waals surface area contributed by atoms with Crippen LogP contribution >= 0.6 is 0 Å². The first-order chi connectivity index (χ1) is 32.5. The molecular formula is C60H111NO5. The number of unbranched alkanes of at least 4 members (excludes halogenated alkanes) is 32. The molecule has 0 saturated carbocycles. The van der Waals surface area contributed by atoms with E-state index in [1.165, 1.54) is 173 Å². The molecule has 3 unspecified atom stereocenters. The predicted molar refractivity (Wildman–Crippen MR) is 287 cm³/mol. The highest BCUT2D eigenvalue weighted by Gasteiger charge is 2.24. The van der Waals surface area contributed by atoms with Gasteiger partial charge in [0.1, 0.15) is 6.10 Å². The summed E-state index contributed by atoms with van der Waals surface area (Å²) < 4.78 is 5.93. The highest BCUT2D eigenvalue weighted by atomic mass is 16.5. The molecule has 0 aromatic rings. The van der Waals surface area contributed by atoms with Gasteiger partial charge in [-0.3, -0.25) is 9.59 Å². The highest BCUT2D eigenvalue weighted by Crippen LogP contribution is 2.18. The van der Waals surface area contributed by atoms with Crippen molar-refractivity contribution in [3.05, 3.63) is 48.6 Å². The van der Waals surface area contributed by atoms with Gasteiger partial charge in [-0.2, -0.15) is 0 Å². The summed E-state index contributed by atoms with van der Waals surface area (Å²) in [6.07, 6.45) is 66.1. The Morgan fingerprint density at radius 2 is 0.818 bits per heavy atom. The second-order valence-electron chi connectivity index (χ2n) is 19.7. The quantitative estimate of drug-likeness (QED) is 0.0321. The van der Waals surface area contributed by atoms with E-state index in [4.69, 9.17) is 4.74 Å². The fourth-order valence-corrected chi connectivity index (χ4v) is 8.84. The normalized spacial score (nSPS) is 13.5. The molecule has 6 nitrogen and oxygen atoms in total. The zero-order valence-corrected chi connectivity index (χ0v) is 44.1. The first-order valence-electron chi connectivity index (χ1n) is 28.9. The molecule has 0 spiro atoms. The Morgan fingerprint density at radius 1 is 0.455 bits per heavy atom. The third kappa shape index (κ3) is 48.3. The van der Waals surface area contributed by atoms with Crippen LogP contribution in [-0.4, -0.2) is 46.9 Å². The fraction of sp³-hybridized carbons (Fsp3) is 0.833. The SMILES string of the molecule is CC/C=C/C/C=C/C/C=C/C/C=C/CCCC(CC(=O)NC(CO)C(O)CCCCCCCCCCCCCCCCCC)OC(=O)CCCCCCCCCCCCCCCCCCC. The molecule has 1 amide bonds. The smallest absolute Gasteiger partial charge is 0.306 e. The van der Waals surface area contributed by atoms with Gasteiger partial charge in [0, 0.05) is 6.42 Å². The van der Waals surface area contributed by atoms with Crippen LogP contribution in [0.5, 0.6) is 0 Å². The number of ether oxygens (including phenoxy) is 1. The van der Waals surface area contributed by atoms with Crippen LogP contribution in [0.1, 0.15) is 297 Å². The van der Waals surface area contributed by atoms with Crippen LogP contribution in [0.2, 0.25) is 0 Å². The van der Waals surface area contributed by atoms with Gasteiger partial charge in [0.05, 0.1) is 25.2 Å². The van der Waals surface area contributed by atoms with E-state index in [9.17, 15) is 19.8 Å². The lowest BCUT2D eigenvalue weighted by Crippen LogP contribution is -2.46. The maximum absolute atomic E-state index is 13.3. The number of aliphatic hydroxyl groups excluding tert-OH is 2. The number of hydrogen-bond donors (Lipinski definition) is 3. The van der Waals surface area contributed by atoms with Crippen molar-refractivity contribution in [1.82, 2.24) is 5.32 Å². The molecule has 3 N–H and O–H groups in total. The van der Waals surface area contributed by atoms with Crippen molar-refractivity contribution in [2.24, 2.45) is 0 Å². The molecule has 0 saturated heterocycles. The van der Waals surface area contributed by atoms with Gasteiger partial charge in [-0.15, -0.1) is 0 Å². The Balaban J connectivity index is 4.56. The van der Waals surface area contributed by atoms with Crippen LogP contribution in [0.4, 0.5) is 0 Å². The molecule has 0 rings (SSSR count). The van der Waals surface area contributed by atoms with E-state index in [0.29, 0.717) is 19.3 Å². The second-order valence-corrected chi connectivity index (χ2v) is 19.7. The van der Waals surface area contributed by atoms with Gasteiger partial charge in [0.15, 0.2) is 0 Å². The lowest BCUT2D eigenvalue weighted by atomic mass is 10.0. The molecule has 0 heterocycles. The summed E-state index contributed by atoms with van der Waals surface area (Å²) in [7, 11) is 0. The Morgan fingerprint density at radius 3 is 1.21 bits per heavy atom. The minimum Gasteiger partial charge on any atom is -0.462 e. The van der Waals surface area contributed by atoms with Gasteiger partial charge in [-0.25, -0.2) is 0 Å². The summed E-state index contributed by atoms with van der Waals surface area (Å²) in [4.78, 5) is 26.2. The molecule has 66 heavy (non-hydrogen) atoms. The minimum atomic E-state index is -0.801. The predicted octanol–water partition coefficient (Wildman–Crippen LogP) is 17.8. The van der Waals surface area contributed by atoms with Gasteiger partial charge < -0.3 is 20.3 Å². The minimum absolute atomic E-state index is 0.0429. The maximum atomic E-state index is 13.3. The monoisotopic (exact) mass is 926 g/mol. The summed E-state index contributed by atoms with van der Waals surface area (Å²) in [5.74, 6) is -0.515. The van der Waals surface area contributed by atoms with Crippen LogP contribution in [0.25, 0.3) is 0 Å². The lowest BCUT2D eigenvalue weighted by molar-refractivity contribution is -0.151.